The molecule has 0 aliphatic heterocycles. The molecule has 3 nitrogen and oxygen atoms in total. The molecule has 29 heavy (non-hydrogen) atoms. The van der Waals surface area contributed by atoms with Gasteiger partial charge in [-0.1, -0.05) is 73.0 Å². The second-order valence-electron chi connectivity index (χ2n) is 7.46. The van der Waals surface area contributed by atoms with Gasteiger partial charge in [0.15, 0.2) is 9.84 Å². The highest BCUT2D eigenvalue weighted by Gasteiger charge is 2.48. The summed E-state index contributed by atoms with van der Waals surface area (Å²) in [5.41, 5.74) is 1.91. The van der Waals surface area contributed by atoms with Crippen molar-refractivity contribution >= 4 is 21.4 Å². The van der Waals surface area contributed by atoms with Crippen LogP contribution in [0.25, 0.3) is 0 Å². The number of benzene rings is 3. The van der Waals surface area contributed by atoms with Gasteiger partial charge in [-0.05, 0) is 54.3 Å². The molecule has 1 saturated carbocycles. The van der Waals surface area contributed by atoms with E-state index in [9.17, 15) is 8.42 Å². The smallest absolute Gasteiger partial charge is 0.188 e. The third-order valence-electron chi connectivity index (χ3n) is 5.66. The van der Waals surface area contributed by atoms with Crippen molar-refractivity contribution in [2.45, 2.75) is 41.9 Å². The maximum Gasteiger partial charge on any atom is 0.188 e. The van der Waals surface area contributed by atoms with Crippen LogP contribution in [0.3, 0.4) is 0 Å². The van der Waals surface area contributed by atoms with Gasteiger partial charge in [-0.3, -0.25) is 0 Å². The van der Waals surface area contributed by atoms with Crippen LogP contribution in [0.1, 0.15) is 36.8 Å². The molecule has 0 bridgehead atoms. The number of ether oxygens (including phenoxy) is 1. The van der Waals surface area contributed by atoms with Gasteiger partial charge in [-0.2, -0.15) is 0 Å². The molecule has 0 heterocycles. The highest BCUT2D eigenvalue weighted by molar-refractivity contribution is 7.92. The van der Waals surface area contributed by atoms with Gasteiger partial charge >= 0.3 is 0 Å². The monoisotopic (exact) mass is 426 g/mol. The van der Waals surface area contributed by atoms with Crippen LogP contribution in [-0.2, 0) is 21.2 Å². The Morgan fingerprint density at radius 2 is 1.55 bits per heavy atom. The first-order chi connectivity index (χ1) is 14.0. The largest absolute Gasteiger partial charge is 0.489 e. The molecule has 0 radical (unpaired) electrons. The van der Waals surface area contributed by atoms with E-state index < -0.39 is 14.6 Å². The van der Waals surface area contributed by atoms with Crippen LogP contribution < -0.4 is 4.74 Å². The fourth-order valence-corrected chi connectivity index (χ4v) is 6.63. The van der Waals surface area contributed by atoms with Crippen molar-refractivity contribution < 1.29 is 13.2 Å². The van der Waals surface area contributed by atoms with E-state index in [0.29, 0.717) is 24.5 Å². The third-order valence-corrected chi connectivity index (χ3v) is 8.44. The lowest BCUT2D eigenvalue weighted by atomic mass is 9.96. The first-order valence-corrected chi connectivity index (χ1v) is 11.6. The van der Waals surface area contributed by atoms with E-state index in [1.54, 1.807) is 24.3 Å². The van der Waals surface area contributed by atoms with Crippen molar-refractivity contribution in [3.63, 3.8) is 0 Å². The molecule has 3 aromatic rings. The number of sulfone groups is 1. The molecule has 150 valence electrons. The average Bonchev–Trinajstić information content (AvgIpc) is 3.25. The van der Waals surface area contributed by atoms with E-state index >= 15 is 0 Å². The van der Waals surface area contributed by atoms with Crippen molar-refractivity contribution in [2.75, 3.05) is 0 Å². The van der Waals surface area contributed by atoms with Gasteiger partial charge < -0.3 is 4.74 Å². The zero-order valence-corrected chi connectivity index (χ0v) is 17.6. The molecule has 0 amide bonds. The van der Waals surface area contributed by atoms with Gasteiger partial charge in [0.2, 0.25) is 0 Å². The molecule has 0 spiro atoms. The normalized spacial score (nSPS) is 15.9. The van der Waals surface area contributed by atoms with Gasteiger partial charge in [-0.15, -0.1) is 0 Å². The van der Waals surface area contributed by atoms with Crippen LogP contribution in [0.2, 0.25) is 5.02 Å². The van der Waals surface area contributed by atoms with E-state index in [2.05, 4.69) is 0 Å². The minimum atomic E-state index is -3.57. The predicted molar refractivity (Wildman–Crippen MR) is 116 cm³/mol. The molecular weight excluding hydrogens is 404 g/mol. The van der Waals surface area contributed by atoms with Crippen molar-refractivity contribution in [3.05, 3.63) is 95.0 Å². The number of hydrogen-bond donors (Lipinski definition) is 0. The summed E-state index contributed by atoms with van der Waals surface area (Å²) >= 11 is 6.07. The minimum absolute atomic E-state index is 0.288. The summed E-state index contributed by atoms with van der Waals surface area (Å²) < 4.78 is 32.2. The van der Waals surface area contributed by atoms with Crippen LogP contribution in [0.4, 0.5) is 0 Å². The Hall–Kier alpha value is -2.30. The Morgan fingerprint density at radius 3 is 2.21 bits per heavy atom. The zero-order valence-electron chi connectivity index (χ0n) is 16.1. The highest BCUT2D eigenvalue weighted by Crippen LogP contribution is 2.48. The summed E-state index contributed by atoms with van der Waals surface area (Å²) in [6.45, 7) is 0.478. The molecule has 4 rings (SSSR count). The molecule has 3 aromatic carbocycles. The summed E-state index contributed by atoms with van der Waals surface area (Å²) in [6, 6.07) is 24.1. The molecule has 0 aromatic heterocycles. The summed E-state index contributed by atoms with van der Waals surface area (Å²) in [5.74, 6) is 0.728. The predicted octanol–water partition coefficient (Wildman–Crippen LogP) is 6.16. The first kappa shape index (κ1) is 20.0. The molecule has 5 heteroatoms. The lowest BCUT2D eigenvalue weighted by molar-refractivity contribution is 0.306. The molecule has 0 atom stereocenters. The van der Waals surface area contributed by atoms with Crippen LogP contribution >= 0.6 is 11.6 Å². The molecule has 0 N–H and O–H groups in total. The van der Waals surface area contributed by atoms with Gasteiger partial charge in [0.05, 0.1) is 4.90 Å². The Morgan fingerprint density at radius 1 is 0.862 bits per heavy atom. The highest BCUT2D eigenvalue weighted by atomic mass is 35.5. The van der Waals surface area contributed by atoms with Crippen molar-refractivity contribution in [1.82, 2.24) is 0 Å². The Balaban J connectivity index is 1.62. The van der Waals surface area contributed by atoms with Gasteiger partial charge in [0, 0.05) is 5.02 Å². The summed E-state index contributed by atoms with van der Waals surface area (Å²) in [6.07, 6.45) is 3.02. The Labute approximate surface area is 177 Å². The number of halogens is 1. The van der Waals surface area contributed by atoms with Crippen LogP contribution in [0.15, 0.2) is 83.8 Å². The molecule has 0 unspecified atom stereocenters. The van der Waals surface area contributed by atoms with Crippen molar-refractivity contribution in [2.24, 2.45) is 0 Å². The van der Waals surface area contributed by atoms with Crippen LogP contribution in [-0.4, -0.2) is 8.42 Å². The number of hydrogen-bond acceptors (Lipinski definition) is 3. The average molecular weight is 427 g/mol. The standard InChI is InChI=1S/C24H23ClO3S/c25-21-9-6-10-23(17-21)29(26,27)24(15-4-5-16-24)20-11-13-22(14-12-20)28-18-19-7-2-1-3-8-19/h1-3,6-14,17H,4-5,15-16,18H2. The van der Waals surface area contributed by atoms with E-state index in [1.165, 1.54) is 0 Å². The number of rotatable bonds is 6. The minimum Gasteiger partial charge on any atom is -0.489 e. The lowest BCUT2D eigenvalue weighted by Crippen LogP contribution is -2.33. The quantitative estimate of drug-likeness (QED) is 0.474. The van der Waals surface area contributed by atoms with Gasteiger partial charge in [0.1, 0.15) is 17.1 Å². The zero-order chi connectivity index (χ0) is 20.3. The van der Waals surface area contributed by atoms with Crippen molar-refractivity contribution in [3.8, 4) is 5.75 Å². The molecule has 0 saturated heterocycles. The first-order valence-electron chi connectivity index (χ1n) is 9.79. The van der Waals surface area contributed by atoms with E-state index in [0.717, 1.165) is 29.7 Å². The fraction of sp³-hybridized carbons (Fsp3) is 0.250. The summed E-state index contributed by atoms with van der Waals surface area (Å²) in [4.78, 5) is 0.288. The fourth-order valence-electron chi connectivity index (χ4n) is 4.11. The maximum atomic E-state index is 13.6. The Bertz CT molecular complexity index is 1070. The molecule has 1 aliphatic carbocycles. The summed E-state index contributed by atoms with van der Waals surface area (Å²) in [5, 5.41) is 0.434. The van der Waals surface area contributed by atoms with E-state index in [4.69, 9.17) is 16.3 Å². The summed E-state index contributed by atoms with van der Waals surface area (Å²) in [7, 11) is -3.57. The Kier molecular flexibility index (Phi) is 5.66. The molecule has 1 fully saturated rings. The second kappa shape index (κ2) is 8.21. The van der Waals surface area contributed by atoms with Gasteiger partial charge in [-0.25, -0.2) is 8.42 Å². The maximum absolute atomic E-state index is 13.6. The second-order valence-corrected chi connectivity index (χ2v) is 10.2. The van der Waals surface area contributed by atoms with Crippen LogP contribution in [0.5, 0.6) is 5.75 Å². The van der Waals surface area contributed by atoms with E-state index in [1.807, 2.05) is 54.6 Å². The topological polar surface area (TPSA) is 43.4 Å². The molecule has 1 aliphatic rings. The molecular formula is C24H23ClO3S. The SMILES string of the molecule is O=S(=O)(c1cccc(Cl)c1)C1(c2ccc(OCc3ccccc3)cc2)CCCC1. The van der Waals surface area contributed by atoms with Crippen LogP contribution in [0, 0.1) is 0 Å². The lowest BCUT2D eigenvalue weighted by Gasteiger charge is -2.30. The third kappa shape index (κ3) is 3.92. The van der Waals surface area contributed by atoms with Crippen molar-refractivity contribution in [1.29, 1.82) is 0 Å². The van der Waals surface area contributed by atoms with E-state index in [-0.39, 0.29) is 4.90 Å². The van der Waals surface area contributed by atoms with Gasteiger partial charge in [0.25, 0.3) is 0 Å².